The average Bonchev–Trinajstić information content (AvgIpc) is 3.11. The summed E-state index contributed by atoms with van der Waals surface area (Å²) < 4.78 is 0. The summed E-state index contributed by atoms with van der Waals surface area (Å²) in [6, 6.07) is 4.50. The molecule has 0 spiro atoms. The minimum atomic E-state index is 0.834. The van der Waals surface area contributed by atoms with Gasteiger partial charge in [0.05, 0.1) is 18.4 Å². The molecule has 1 heterocycles. The predicted molar refractivity (Wildman–Crippen MR) is 82.7 cm³/mol. The number of aromatic nitrogens is 2. The zero-order valence-electron chi connectivity index (χ0n) is 12.6. The van der Waals surface area contributed by atoms with Gasteiger partial charge in [-0.2, -0.15) is 0 Å². The third-order valence-electron chi connectivity index (χ3n) is 4.18. The van der Waals surface area contributed by atoms with Gasteiger partial charge in [0.2, 0.25) is 0 Å². The summed E-state index contributed by atoms with van der Waals surface area (Å²) in [6.45, 7) is 8.44. The molecule has 1 saturated carbocycles. The van der Waals surface area contributed by atoms with Crippen molar-refractivity contribution in [2.24, 2.45) is 5.92 Å². The number of hydrogen-bond donors (Lipinski definition) is 2. The molecule has 2 N–H and O–H groups in total. The lowest BCUT2D eigenvalue weighted by molar-refractivity contribution is 0.623. The van der Waals surface area contributed by atoms with Crippen LogP contribution in [-0.4, -0.2) is 16.5 Å². The van der Waals surface area contributed by atoms with Gasteiger partial charge < -0.3 is 10.3 Å². The van der Waals surface area contributed by atoms with Gasteiger partial charge in [-0.15, -0.1) is 0 Å². The molecule has 0 unspecified atom stereocenters. The molecule has 0 aliphatic heterocycles. The molecule has 3 nitrogen and oxygen atoms in total. The van der Waals surface area contributed by atoms with Crippen molar-refractivity contribution < 1.29 is 0 Å². The summed E-state index contributed by atoms with van der Waals surface area (Å²) in [5, 5.41) is 3.47. The summed E-state index contributed by atoms with van der Waals surface area (Å²) in [4.78, 5) is 7.92. The predicted octanol–water partition coefficient (Wildman–Crippen LogP) is 3.50. The van der Waals surface area contributed by atoms with E-state index in [2.05, 4.69) is 48.2 Å². The van der Waals surface area contributed by atoms with Crippen LogP contribution in [0.15, 0.2) is 18.3 Å². The van der Waals surface area contributed by atoms with Crippen LogP contribution in [0.25, 0.3) is 11.3 Å². The second kappa shape index (κ2) is 5.41. The maximum absolute atomic E-state index is 4.48. The first-order chi connectivity index (χ1) is 9.63. The third kappa shape index (κ3) is 2.93. The molecular weight excluding hydrogens is 246 g/mol. The van der Waals surface area contributed by atoms with Gasteiger partial charge in [0.25, 0.3) is 0 Å². The maximum Gasteiger partial charge on any atom is 0.120 e. The van der Waals surface area contributed by atoms with Crippen molar-refractivity contribution in [3.8, 4) is 11.3 Å². The first kappa shape index (κ1) is 13.4. The summed E-state index contributed by atoms with van der Waals surface area (Å²) in [7, 11) is 0. The van der Waals surface area contributed by atoms with E-state index in [1.165, 1.54) is 35.1 Å². The number of H-pyrrole nitrogens is 1. The molecule has 20 heavy (non-hydrogen) atoms. The van der Waals surface area contributed by atoms with Gasteiger partial charge in [-0.1, -0.05) is 6.07 Å². The molecule has 2 aromatic rings. The SMILES string of the molecule is Cc1cc(C)c(-c2cnc(CNCC3CC3)[nH]2)cc1C. The first-order valence-corrected chi connectivity index (χ1v) is 7.46. The van der Waals surface area contributed by atoms with Gasteiger partial charge in [-0.25, -0.2) is 4.98 Å². The molecule has 0 amide bonds. The minimum absolute atomic E-state index is 0.834. The highest BCUT2D eigenvalue weighted by Crippen LogP contribution is 2.28. The van der Waals surface area contributed by atoms with E-state index in [1.807, 2.05) is 6.20 Å². The standard InChI is InChI=1S/C17H23N3/c1-11-6-13(3)15(7-12(11)2)16-9-19-17(20-16)10-18-8-14-4-5-14/h6-7,9,14,18H,4-5,8,10H2,1-3H3,(H,19,20). The molecule has 0 bridgehead atoms. The van der Waals surface area contributed by atoms with E-state index in [9.17, 15) is 0 Å². The van der Waals surface area contributed by atoms with Crippen LogP contribution in [0.4, 0.5) is 0 Å². The molecule has 1 aromatic carbocycles. The van der Waals surface area contributed by atoms with Crippen LogP contribution in [0, 0.1) is 26.7 Å². The number of hydrogen-bond acceptors (Lipinski definition) is 2. The van der Waals surface area contributed by atoms with Gasteiger partial charge in [0.15, 0.2) is 0 Å². The van der Waals surface area contributed by atoms with Crippen LogP contribution in [0.2, 0.25) is 0 Å². The minimum Gasteiger partial charge on any atom is -0.341 e. The van der Waals surface area contributed by atoms with Crippen LogP contribution in [0.3, 0.4) is 0 Å². The molecule has 1 aliphatic carbocycles. The van der Waals surface area contributed by atoms with Crippen molar-refractivity contribution in [2.45, 2.75) is 40.2 Å². The highest BCUT2D eigenvalue weighted by molar-refractivity contribution is 5.64. The Kier molecular flexibility index (Phi) is 3.62. The van der Waals surface area contributed by atoms with Crippen LogP contribution in [-0.2, 0) is 6.54 Å². The Morgan fingerprint density at radius 2 is 1.90 bits per heavy atom. The van der Waals surface area contributed by atoms with Crippen molar-refractivity contribution in [3.63, 3.8) is 0 Å². The monoisotopic (exact) mass is 269 g/mol. The average molecular weight is 269 g/mol. The van der Waals surface area contributed by atoms with Crippen LogP contribution in [0.5, 0.6) is 0 Å². The van der Waals surface area contributed by atoms with Crippen molar-refractivity contribution in [1.82, 2.24) is 15.3 Å². The quantitative estimate of drug-likeness (QED) is 0.872. The molecule has 0 atom stereocenters. The van der Waals surface area contributed by atoms with E-state index < -0.39 is 0 Å². The van der Waals surface area contributed by atoms with Gasteiger partial charge in [-0.05, 0) is 68.8 Å². The van der Waals surface area contributed by atoms with Gasteiger partial charge in [0.1, 0.15) is 5.82 Å². The van der Waals surface area contributed by atoms with Gasteiger partial charge in [0, 0.05) is 5.56 Å². The van der Waals surface area contributed by atoms with Crippen LogP contribution in [0.1, 0.15) is 35.4 Å². The largest absolute Gasteiger partial charge is 0.341 e. The Morgan fingerprint density at radius 1 is 1.15 bits per heavy atom. The third-order valence-corrected chi connectivity index (χ3v) is 4.18. The number of aromatic amines is 1. The highest BCUT2D eigenvalue weighted by atomic mass is 15.0. The second-order valence-corrected chi connectivity index (χ2v) is 6.07. The van der Waals surface area contributed by atoms with Crippen LogP contribution < -0.4 is 5.32 Å². The summed E-state index contributed by atoms with van der Waals surface area (Å²) in [6.07, 6.45) is 4.72. The van der Waals surface area contributed by atoms with Gasteiger partial charge in [-0.3, -0.25) is 0 Å². The van der Waals surface area contributed by atoms with E-state index in [0.29, 0.717) is 0 Å². The van der Waals surface area contributed by atoms with E-state index in [4.69, 9.17) is 0 Å². The molecule has 0 saturated heterocycles. The van der Waals surface area contributed by atoms with Crippen molar-refractivity contribution in [3.05, 3.63) is 40.8 Å². The Hall–Kier alpha value is -1.61. The number of imidazole rings is 1. The fourth-order valence-corrected chi connectivity index (χ4v) is 2.56. The molecule has 1 fully saturated rings. The fraction of sp³-hybridized carbons (Fsp3) is 0.471. The van der Waals surface area contributed by atoms with E-state index in [-0.39, 0.29) is 0 Å². The number of nitrogens with one attached hydrogen (secondary N) is 2. The molecular formula is C17H23N3. The zero-order chi connectivity index (χ0) is 14.1. The second-order valence-electron chi connectivity index (χ2n) is 6.07. The van der Waals surface area contributed by atoms with Crippen molar-refractivity contribution in [1.29, 1.82) is 0 Å². The first-order valence-electron chi connectivity index (χ1n) is 7.46. The smallest absolute Gasteiger partial charge is 0.120 e. The Balaban J connectivity index is 1.73. The lowest BCUT2D eigenvalue weighted by atomic mass is 9.99. The van der Waals surface area contributed by atoms with E-state index >= 15 is 0 Å². The normalized spacial score (nSPS) is 14.8. The topological polar surface area (TPSA) is 40.7 Å². The molecule has 3 heteroatoms. The summed E-state index contributed by atoms with van der Waals surface area (Å²) in [5.74, 6) is 1.93. The number of aryl methyl sites for hydroxylation is 3. The molecule has 1 aliphatic rings. The number of nitrogens with zero attached hydrogens (tertiary/aromatic N) is 1. The van der Waals surface area contributed by atoms with E-state index in [1.54, 1.807) is 0 Å². The lowest BCUT2D eigenvalue weighted by Gasteiger charge is -2.08. The molecule has 3 rings (SSSR count). The van der Waals surface area contributed by atoms with Crippen molar-refractivity contribution >= 4 is 0 Å². The number of rotatable bonds is 5. The molecule has 106 valence electrons. The molecule has 0 radical (unpaired) electrons. The molecule has 1 aromatic heterocycles. The Bertz CT molecular complexity index is 609. The zero-order valence-corrected chi connectivity index (χ0v) is 12.6. The van der Waals surface area contributed by atoms with Crippen LogP contribution >= 0.6 is 0 Å². The Morgan fingerprint density at radius 3 is 2.65 bits per heavy atom. The van der Waals surface area contributed by atoms with E-state index in [0.717, 1.165) is 30.5 Å². The number of benzene rings is 1. The highest BCUT2D eigenvalue weighted by Gasteiger charge is 2.20. The Labute approximate surface area is 120 Å². The summed E-state index contributed by atoms with van der Waals surface area (Å²) in [5.41, 5.74) is 6.35. The van der Waals surface area contributed by atoms with Crippen molar-refractivity contribution in [2.75, 3.05) is 6.54 Å². The maximum atomic E-state index is 4.48. The fourth-order valence-electron chi connectivity index (χ4n) is 2.56. The lowest BCUT2D eigenvalue weighted by Crippen LogP contribution is -2.16. The van der Waals surface area contributed by atoms with Gasteiger partial charge >= 0.3 is 0 Å². The summed E-state index contributed by atoms with van der Waals surface area (Å²) >= 11 is 0.